The van der Waals surface area contributed by atoms with Crippen LogP contribution in [0.25, 0.3) is 0 Å². The van der Waals surface area contributed by atoms with E-state index in [1.165, 1.54) is 37.8 Å². The molecule has 1 aliphatic rings. The quantitative estimate of drug-likeness (QED) is 0.441. The van der Waals surface area contributed by atoms with Crippen molar-refractivity contribution in [3.63, 3.8) is 0 Å². The molecule has 0 unspecified atom stereocenters. The molecule has 1 rings (SSSR count). The molecular weight excluding hydrogens is 292 g/mol. The summed E-state index contributed by atoms with van der Waals surface area (Å²) in [5.41, 5.74) is 2.06. The summed E-state index contributed by atoms with van der Waals surface area (Å²) in [6.07, 6.45) is 12.7. The number of nitrogens with zero attached hydrogens (tertiary/aromatic N) is 1. The van der Waals surface area contributed by atoms with Gasteiger partial charge in [0.05, 0.1) is 0 Å². The van der Waals surface area contributed by atoms with Gasteiger partial charge in [0.2, 0.25) is 0 Å². The molecule has 1 N–H and O–H groups in total. The molecule has 0 aromatic carbocycles. The van der Waals surface area contributed by atoms with Gasteiger partial charge in [-0.2, -0.15) is 0 Å². The first-order chi connectivity index (χ1) is 11.2. The minimum absolute atomic E-state index is 0.605. The van der Waals surface area contributed by atoms with Crippen LogP contribution in [0.15, 0.2) is 16.8 Å². The fraction of sp³-hybridized carbons (Fsp3) is 0.818. The van der Waals surface area contributed by atoms with Crippen LogP contribution in [-0.2, 0) is 0 Å². The van der Waals surface area contributed by atoms with Crippen molar-refractivity contribution in [2.24, 2.45) is 22.7 Å². The van der Waals surface area contributed by atoms with E-state index in [0.29, 0.717) is 5.92 Å². The Kier molecular flexibility index (Phi) is 17.9. The van der Waals surface area contributed by atoms with Gasteiger partial charge in [0, 0.05) is 24.0 Å². The number of hydrogen-bond donors (Lipinski definition) is 1. The highest BCUT2D eigenvalue weighted by atomic mass is 14.8. The molecule has 0 spiro atoms. The number of hydrogen-bond acceptors (Lipinski definition) is 2. The lowest BCUT2D eigenvalue weighted by Gasteiger charge is -2.01. The summed E-state index contributed by atoms with van der Waals surface area (Å²) in [6, 6.07) is 0. The van der Waals surface area contributed by atoms with Gasteiger partial charge in [-0.3, -0.25) is 4.99 Å². The maximum atomic E-state index is 7.14. The molecule has 0 radical (unpaired) electrons. The molecule has 0 amide bonds. The summed E-state index contributed by atoms with van der Waals surface area (Å²) in [6.45, 7) is 17.4. The number of aliphatic imine (C=N–C) groups is 1. The summed E-state index contributed by atoms with van der Waals surface area (Å²) >= 11 is 0. The van der Waals surface area contributed by atoms with Crippen LogP contribution in [0.2, 0.25) is 0 Å². The Morgan fingerprint density at radius 1 is 1.04 bits per heavy atom. The second kappa shape index (κ2) is 16.9. The molecule has 1 heterocycles. The van der Waals surface area contributed by atoms with Crippen LogP contribution in [0.3, 0.4) is 0 Å². The predicted octanol–water partition coefficient (Wildman–Crippen LogP) is 7.69. The van der Waals surface area contributed by atoms with E-state index in [4.69, 9.17) is 5.41 Å². The van der Waals surface area contributed by atoms with E-state index in [-0.39, 0.29) is 0 Å². The van der Waals surface area contributed by atoms with E-state index in [0.717, 1.165) is 30.4 Å². The van der Waals surface area contributed by atoms with E-state index >= 15 is 0 Å². The monoisotopic (exact) mass is 336 g/mol. The van der Waals surface area contributed by atoms with Gasteiger partial charge in [-0.15, -0.1) is 0 Å². The van der Waals surface area contributed by atoms with Gasteiger partial charge in [0.1, 0.15) is 0 Å². The first-order valence-corrected chi connectivity index (χ1v) is 9.97. The zero-order valence-corrected chi connectivity index (χ0v) is 17.8. The van der Waals surface area contributed by atoms with Gasteiger partial charge in [-0.25, -0.2) is 0 Å². The Hall–Kier alpha value is -0.920. The van der Waals surface area contributed by atoms with Crippen LogP contribution in [0.4, 0.5) is 0 Å². The zero-order valence-electron chi connectivity index (χ0n) is 17.8. The molecule has 2 heteroatoms. The minimum atomic E-state index is 0.605. The first-order valence-electron chi connectivity index (χ1n) is 9.97. The average molecular weight is 337 g/mol. The molecule has 0 bridgehead atoms. The third kappa shape index (κ3) is 21.1. The highest BCUT2D eigenvalue weighted by Crippen LogP contribution is 2.14. The normalized spacial score (nSPS) is 12.7. The Balaban J connectivity index is 0. The van der Waals surface area contributed by atoms with Crippen molar-refractivity contribution in [3.8, 4) is 0 Å². The van der Waals surface area contributed by atoms with Crippen LogP contribution >= 0.6 is 0 Å². The lowest BCUT2D eigenvalue weighted by molar-refractivity contribution is 0.550. The van der Waals surface area contributed by atoms with Gasteiger partial charge in [0.25, 0.3) is 0 Å². The first kappa shape index (κ1) is 25.3. The Bertz CT molecular complexity index is 349. The highest BCUT2D eigenvalue weighted by molar-refractivity contribution is 5.78. The predicted molar refractivity (Wildman–Crippen MR) is 112 cm³/mol. The van der Waals surface area contributed by atoms with Crippen molar-refractivity contribution in [1.82, 2.24) is 0 Å². The molecule has 0 fully saturated rings. The van der Waals surface area contributed by atoms with Crippen molar-refractivity contribution in [1.29, 1.82) is 5.41 Å². The minimum Gasteiger partial charge on any atom is -0.310 e. The molecule has 0 saturated carbocycles. The van der Waals surface area contributed by atoms with E-state index in [2.05, 4.69) is 59.5 Å². The molecule has 0 aromatic heterocycles. The topological polar surface area (TPSA) is 36.2 Å². The number of allylic oxidation sites excluding steroid dienone is 2. The summed E-state index contributed by atoms with van der Waals surface area (Å²) in [5.74, 6) is 2.30. The zero-order chi connectivity index (χ0) is 19.0. The summed E-state index contributed by atoms with van der Waals surface area (Å²) < 4.78 is 0. The van der Waals surface area contributed by atoms with Gasteiger partial charge >= 0.3 is 0 Å². The van der Waals surface area contributed by atoms with Crippen LogP contribution in [0, 0.1) is 23.2 Å². The second-order valence-electron chi connectivity index (χ2n) is 7.93. The lowest BCUT2D eigenvalue weighted by Crippen LogP contribution is -1.91. The third-order valence-electron chi connectivity index (χ3n) is 3.73. The van der Waals surface area contributed by atoms with E-state index in [9.17, 15) is 0 Å². The van der Waals surface area contributed by atoms with E-state index in [1.807, 2.05) is 13.1 Å². The summed E-state index contributed by atoms with van der Waals surface area (Å²) in [4.78, 5) is 4.17. The fourth-order valence-electron chi connectivity index (χ4n) is 2.16. The average Bonchev–Trinajstić information content (AvgIpc) is 3.00. The Morgan fingerprint density at radius 2 is 1.58 bits per heavy atom. The van der Waals surface area contributed by atoms with Crippen LogP contribution in [0.1, 0.15) is 100 Å². The van der Waals surface area contributed by atoms with Gasteiger partial charge in [0.15, 0.2) is 0 Å². The highest BCUT2D eigenvalue weighted by Gasteiger charge is 2.01. The van der Waals surface area contributed by atoms with Crippen molar-refractivity contribution in [3.05, 3.63) is 11.8 Å². The molecule has 0 aromatic rings. The largest absolute Gasteiger partial charge is 0.310 e. The number of unbranched alkanes of at least 4 members (excludes halogenated alkanes) is 1. The number of nitrogens with one attached hydrogen (secondary N) is 1. The van der Waals surface area contributed by atoms with Gasteiger partial charge in [-0.05, 0) is 37.5 Å². The summed E-state index contributed by atoms with van der Waals surface area (Å²) in [7, 11) is 0. The fourth-order valence-corrected chi connectivity index (χ4v) is 2.16. The van der Waals surface area contributed by atoms with Gasteiger partial charge in [-0.1, -0.05) is 80.2 Å². The Morgan fingerprint density at radius 3 is 1.83 bits per heavy atom. The smallest absolute Gasteiger partial charge is 0.0389 e. The third-order valence-corrected chi connectivity index (χ3v) is 3.73. The molecule has 1 aliphatic heterocycles. The van der Waals surface area contributed by atoms with Crippen molar-refractivity contribution in [2.45, 2.75) is 100 Å². The molecule has 142 valence electrons. The SMILES string of the molecule is CC(=N)CCCC(C)C.CC(C)C1=CCC=N1.CCCCC(C)C. The molecule has 0 atom stereocenters. The van der Waals surface area contributed by atoms with E-state index < -0.39 is 0 Å². The number of rotatable bonds is 8. The molecular formula is C22H44N2. The molecule has 2 nitrogen and oxygen atoms in total. The second-order valence-corrected chi connectivity index (χ2v) is 7.93. The van der Waals surface area contributed by atoms with Crippen LogP contribution < -0.4 is 0 Å². The molecule has 0 aliphatic carbocycles. The summed E-state index contributed by atoms with van der Waals surface area (Å²) in [5, 5.41) is 7.14. The maximum Gasteiger partial charge on any atom is 0.0389 e. The van der Waals surface area contributed by atoms with Crippen molar-refractivity contribution >= 4 is 11.9 Å². The maximum absolute atomic E-state index is 7.14. The van der Waals surface area contributed by atoms with E-state index in [1.54, 1.807) is 0 Å². The van der Waals surface area contributed by atoms with Crippen molar-refractivity contribution in [2.75, 3.05) is 0 Å². The standard InChI is InChI=1S/C8H17N.C7H11N.C7H16/c1-7(2)5-4-6-8(3)9;1-6(2)7-4-3-5-8-7;1-4-5-6-7(2)3/h7,9H,4-6H2,1-3H3;4-6H,3H2,1-2H3;7H,4-6H2,1-3H3. The van der Waals surface area contributed by atoms with Crippen molar-refractivity contribution < 1.29 is 0 Å². The molecule has 0 saturated heterocycles. The van der Waals surface area contributed by atoms with Crippen LogP contribution in [0.5, 0.6) is 0 Å². The Labute approximate surface area is 152 Å². The molecule has 24 heavy (non-hydrogen) atoms. The lowest BCUT2D eigenvalue weighted by atomic mass is 10.1. The van der Waals surface area contributed by atoms with Crippen LogP contribution in [-0.4, -0.2) is 11.9 Å². The van der Waals surface area contributed by atoms with Gasteiger partial charge < -0.3 is 5.41 Å².